The van der Waals surface area contributed by atoms with Gasteiger partial charge in [-0.2, -0.15) is 5.26 Å². The van der Waals surface area contributed by atoms with Gasteiger partial charge in [0.1, 0.15) is 12.0 Å². The van der Waals surface area contributed by atoms with Crippen LogP contribution >= 0.6 is 0 Å². The maximum Gasteiger partial charge on any atom is 0.312 e. The number of nitrogens with zero attached hydrogens (tertiary/aromatic N) is 1. The summed E-state index contributed by atoms with van der Waals surface area (Å²) in [4.78, 5) is 12.9. The molecule has 2 rings (SSSR count). The molecule has 1 heterocycles. The summed E-state index contributed by atoms with van der Waals surface area (Å²) in [7, 11) is 0. The SMILES string of the molecule is CC(C)(C)CC(C)(C(=O)OCC(O)OCC1OC(O)C2(C#N)CCCC12)C(C)(C)C. The van der Waals surface area contributed by atoms with Gasteiger partial charge in [0, 0.05) is 5.92 Å². The number of nitriles is 1. The average Bonchev–Trinajstić information content (AvgIpc) is 3.15. The summed E-state index contributed by atoms with van der Waals surface area (Å²) in [5.74, 6) is -0.484. The van der Waals surface area contributed by atoms with Crippen molar-refractivity contribution in [3.8, 4) is 6.07 Å². The number of aliphatic hydroxyl groups is 2. The zero-order chi connectivity index (χ0) is 23.0. The molecular weight excluding hydrogens is 386 g/mol. The maximum absolute atomic E-state index is 12.9. The Labute approximate surface area is 180 Å². The fourth-order valence-corrected chi connectivity index (χ4v) is 4.88. The molecule has 1 aliphatic carbocycles. The molecule has 1 aliphatic heterocycles. The van der Waals surface area contributed by atoms with E-state index in [1.165, 1.54) is 0 Å². The lowest BCUT2D eigenvalue weighted by Gasteiger charge is -2.43. The van der Waals surface area contributed by atoms with E-state index < -0.39 is 29.5 Å². The van der Waals surface area contributed by atoms with Gasteiger partial charge in [0.05, 0.1) is 24.2 Å². The number of esters is 1. The number of fused-ring (bicyclic) bond motifs is 1. The fraction of sp³-hybridized carbons (Fsp3) is 0.913. The molecular formula is C23H39NO6. The van der Waals surface area contributed by atoms with E-state index in [2.05, 4.69) is 26.8 Å². The second-order valence-electron chi connectivity index (χ2n) is 11.4. The predicted molar refractivity (Wildman–Crippen MR) is 111 cm³/mol. The Morgan fingerprint density at radius 2 is 1.90 bits per heavy atom. The van der Waals surface area contributed by atoms with Crippen LogP contribution in [0.1, 0.15) is 74.1 Å². The van der Waals surface area contributed by atoms with Gasteiger partial charge in [-0.05, 0) is 37.0 Å². The van der Waals surface area contributed by atoms with Crippen LogP contribution < -0.4 is 0 Å². The summed E-state index contributed by atoms with van der Waals surface area (Å²) in [6.07, 6.45) is -0.0192. The van der Waals surface area contributed by atoms with Crippen molar-refractivity contribution in [1.29, 1.82) is 5.26 Å². The van der Waals surface area contributed by atoms with Crippen molar-refractivity contribution in [2.45, 2.75) is 92.8 Å². The topological polar surface area (TPSA) is 109 Å². The Bertz CT molecular complexity index is 660. The second-order valence-corrected chi connectivity index (χ2v) is 11.4. The first-order chi connectivity index (χ1) is 13.7. The van der Waals surface area contributed by atoms with Crippen molar-refractivity contribution in [3.05, 3.63) is 0 Å². The number of hydrogen-bond acceptors (Lipinski definition) is 7. The Morgan fingerprint density at radius 3 is 2.43 bits per heavy atom. The van der Waals surface area contributed by atoms with Crippen molar-refractivity contribution < 1.29 is 29.2 Å². The molecule has 0 amide bonds. The zero-order valence-electron chi connectivity index (χ0n) is 19.5. The van der Waals surface area contributed by atoms with E-state index in [0.717, 1.165) is 12.8 Å². The molecule has 1 saturated carbocycles. The summed E-state index contributed by atoms with van der Waals surface area (Å²) >= 11 is 0. The van der Waals surface area contributed by atoms with Crippen LogP contribution in [0.25, 0.3) is 0 Å². The van der Waals surface area contributed by atoms with Gasteiger partial charge in [0.2, 0.25) is 0 Å². The first-order valence-corrected chi connectivity index (χ1v) is 10.9. The first-order valence-electron chi connectivity index (χ1n) is 10.9. The molecule has 6 atom stereocenters. The largest absolute Gasteiger partial charge is 0.460 e. The normalized spacial score (nSPS) is 32.2. The van der Waals surface area contributed by atoms with Gasteiger partial charge in [0.15, 0.2) is 12.6 Å². The Kier molecular flexibility index (Phi) is 7.30. The third kappa shape index (κ3) is 4.99. The van der Waals surface area contributed by atoms with Crippen LogP contribution in [0.2, 0.25) is 0 Å². The van der Waals surface area contributed by atoms with Gasteiger partial charge < -0.3 is 24.4 Å². The Balaban J connectivity index is 1.90. The molecule has 0 spiro atoms. The first kappa shape index (κ1) is 25.1. The fourth-order valence-electron chi connectivity index (χ4n) is 4.88. The van der Waals surface area contributed by atoms with Gasteiger partial charge in [-0.15, -0.1) is 0 Å². The van der Waals surface area contributed by atoms with E-state index in [1.54, 1.807) is 0 Å². The highest BCUT2D eigenvalue weighted by Crippen LogP contribution is 2.53. The van der Waals surface area contributed by atoms with E-state index in [-0.39, 0.29) is 35.9 Å². The van der Waals surface area contributed by atoms with Crippen molar-refractivity contribution >= 4 is 5.97 Å². The molecule has 1 saturated heterocycles. The third-order valence-corrected chi connectivity index (χ3v) is 6.97. The van der Waals surface area contributed by atoms with Crippen LogP contribution in [0.15, 0.2) is 0 Å². The molecule has 0 radical (unpaired) electrons. The minimum atomic E-state index is -1.30. The van der Waals surface area contributed by atoms with Crippen molar-refractivity contribution in [1.82, 2.24) is 0 Å². The standard InChI is InChI=1S/C23H39NO6/c1-20(2,3)13-22(7,21(4,5)6)18(26)29-12-17(25)28-11-16-15-9-8-10-23(15,14-24)19(27)30-16/h15-17,19,25,27H,8-13H2,1-7H3. The summed E-state index contributed by atoms with van der Waals surface area (Å²) in [5.41, 5.74) is -1.99. The van der Waals surface area contributed by atoms with E-state index in [1.807, 2.05) is 27.7 Å². The molecule has 6 unspecified atom stereocenters. The minimum absolute atomic E-state index is 0.0302. The van der Waals surface area contributed by atoms with Gasteiger partial charge in [-0.3, -0.25) is 4.79 Å². The van der Waals surface area contributed by atoms with Crippen LogP contribution in [0.4, 0.5) is 0 Å². The third-order valence-electron chi connectivity index (χ3n) is 6.97. The second kappa shape index (κ2) is 8.74. The lowest BCUT2D eigenvalue weighted by atomic mass is 9.61. The van der Waals surface area contributed by atoms with Crippen molar-refractivity contribution in [3.63, 3.8) is 0 Å². The number of carbonyl (C=O) groups is 1. The predicted octanol–water partition coefficient (Wildman–Crippen LogP) is 3.38. The number of aliphatic hydroxyl groups excluding tert-OH is 2. The quantitative estimate of drug-likeness (QED) is 0.475. The van der Waals surface area contributed by atoms with Crippen molar-refractivity contribution in [2.24, 2.45) is 27.6 Å². The highest BCUT2D eigenvalue weighted by Gasteiger charge is 2.59. The molecule has 0 bridgehead atoms. The molecule has 0 aromatic heterocycles. The van der Waals surface area contributed by atoms with Crippen LogP contribution in [0.3, 0.4) is 0 Å². The smallest absolute Gasteiger partial charge is 0.312 e. The molecule has 30 heavy (non-hydrogen) atoms. The van der Waals surface area contributed by atoms with Gasteiger partial charge in [0.25, 0.3) is 0 Å². The molecule has 7 nitrogen and oxygen atoms in total. The monoisotopic (exact) mass is 425 g/mol. The van der Waals surface area contributed by atoms with E-state index in [4.69, 9.17) is 14.2 Å². The number of ether oxygens (including phenoxy) is 3. The average molecular weight is 426 g/mol. The van der Waals surface area contributed by atoms with Crippen LogP contribution in [0.5, 0.6) is 0 Å². The zero-order valence-corrected chi connectivity index (χ0v) is 19.5. The summed E-state index contributed by atoms with van der Waals surface area (Å²) < 4.78 is 16.4. The molecule has 7 heteroatoms. The molecule has 2 N–H and O–H groups in total. The maximum atomic E-state index is 12.9. The summed E-state index contributed by atoms with van der Waals surface area (Å²) in [6.45, 7) is 14.0. The minimum Gasteiger partial charge on any atom is -0.460 e. The van der Waals surface area contributed by atoms with Crippen LogP contribution in [-0.4, -0.2) is 48.1 Å². The summed E-state index contributed by atoms with van der Waals surface area (Å²) in [6, 6.07) is 2.23. The molecule has 2 fully saturated rings. The number of rotatable bonds is 7. The van der Waals surface area contributed by atoms with Crippen molar-refractivity contribution in [2.75, 3.05) is 13.2 Å². The van der Waals surface area contributed by atoms with E-state index in [9.17, 15) is 20.3 Å². The number of carbonyl (C=O) groups excluding carboxylic acids is 1. The van der Waals surface area contributed by atoms with E-state index >= 15 is 0 Å². The molecule has 0 aromatic carbocycles. The summed E-state index contributed by atoms with van der Waals surface area (Å²) in [5, 5.41) is 29.9. The highest BCUT2D eigenvalue weighted by atomic mass is 16.7. The number of hydrogen-bond donors (Lipinski definition) is 2. The van der Waals surface area contributed by atoms with Crippen LogP contribution in [0, 0.1) is 38.9 Å². The molecule has 0 aromatic rings. The lowest BCUT2D eigenvalue weighted by molar-refractivity contribution is -0.193. The highest BCUT2D eigenvalue weighted by molar-refractivity contribution is 5.77. The lowest BCUT2D eigenvalue weighted by Crippen LogP contribution is -2.45. The van der Waals surface area contributed by atoms with E-state index in [0.29, 0.717) is 12.8 Å². The van der Waals surface area contributed by atoms with Crippen LogP contribution in [-0.2, 0) is 19.0 Å². The van der Waals surface area contributed by atoms with Gasteiger partial charge in [-0.25, -0.2) is 0 Å². The van der Waals surface area contributed by atoms with Gasteiger partial charge >= 0.3 is 5.97 Å². The Hall–Kier alpha value is -1.20. The molecule has 172 valence electrons. The molecule has 2 aliphatic rings. The van der Waals surface area contributed by atoms with Gasteiger partial charge in [-0.1, -0.05) is 48.0 Å². The Morgan fingerprint density at radius 1 is 1.27 bits per heavy atom.